The molecular weight excluding hydrogens is 214 g/mol. The number of likely N-dealkylation sites (N-methyl/N-ethyl adjacent to an activating group) is 1. The third-order valence-corrected chi connectivity index (χ3v) is 2.57. The lowest BCUT2D eigenvalue weighted by Crippen LogP contribution is -2.26. The van der Waals surface area contributed by atoms with Crippen LogP contribution in [0, 0.1) is 0 Å². The van der Waals surface area contributed by atoms with Crippen LogP contribution in [0.1, 0.15) is 19.4 Å². The molecule has 1 heterocycles. The predicted molar refractivity (Wildman–Crippen MR) is 71.4 cm³/mol. The number of hydrogen-bond acceptors (Lipinski definition) is 4. The Morgan fingerprint density at radius 3 is 2.94 bits per heavy atom. The SMILES string of the molecule is CCNCc1cccnc1N(C)CCOCC. The van der Waals surface area contributed by atoms with Crippen molar-refractivity contribution in [2.45, 2.75) is 20.4 Å². The van der Waals surface area contributed by atoms with E-state index in [1.165, 1.54) is 5.56 Å². The van der Waals surface area contributed by atoms with Gasteiger partial charge in [-0.15, -0.1) is 0 Å². The first-order chi connectivity index (χ1) is 8.29. The first kappa shape index (κ1) is 13.9. The van der Waals surface area contributed by atoms with E-state index < -0.39 is 0 Å². The molecule has 0 amide bonds. The van der Waals surface area contributed by atoms with Gasteiger partial charge in [-0.2, -0.15) is 0 Å². The normalized spacial score (nSPS) is 10.5. The number of nitrogens with zero attached hydrogens (tertiary/aromatic N) is 2. The van der Waals surface area contributed by atoms with Crippen LogP contribution in [-0.2, 0) is 11.3 Å². The zero-order valence-corrected chi connectivity index (χ0v) is 11.1. The summed E-state index contributed by atoms with van der Waals surface area (Å²) >= 11 is 0. The van der Waals surface area contributed by atoms with E-state index in [2.05, 4.69) is 35.2 Å². The van der Waals surface area contributed by atoms with Gasteiger partial charge in [-0.25, -0.2) is 4.98 Å². The lowest BCUT2D eigenvalue weighted by Gasteiger charge is -2.21. The Labute approximate surface area is 104 Å². The van der Waals surface area contributed by atoms with E-state index in [0.29, 0.717) is 0 Å². The van der Waals surface area contributed by atoms with E-state index in [1.54, 1.807) is 0 Å². The largest absolute Gasteiger partial charge is 0.380 e. The zero-order valence-electron chi connectivity index (χ0n) is 11.1. The molecule has 0 saturated carbocycles. The summed E-state index contributed by atoms with van der Waals surface area (Å²) in [5.74, 6) is 1.04. The first-order valence-corrected chi connectivity index (χ1v) is 6.23. The minimum Gasteiger partial charge on any atom is -0.380 e. The van der Waals surface area contributed by atoms with Gasteiger partial charge in [0.1, 0.15) is 5.82 Å². The molecule has 0 saturated heterocycles. The standard InChI is InChI=1S/C13H23N3O/c1-4-14-11-12-7-6-8-15-13(12)16(3)9-10-17-5-2/h6-8,14H,4-5,9-11H2,1-3H3. The lowest BCUT2D eigenvalue weighted by molar-refractivity contribution is 0.154. The molecule has 17 heavy (non-hydrogen) atoms. The van der Waals surface area contributed by atoms with Crippen LogP contribution >= 0.6 is 0 Å². The van der Waals surface area contributed by atoms with Crippen molar-refractivity contribution in [1.29, 1.82) is 0 Å². The molecule has 0 atom stereocenters. The molecule has 0 bridgehead atoms. The van der Waals surface area contributed by atoms with Gasteiger partial charge in [0.25, 0.3) is 0 Å². The average molecular weight is 237 g/mol. The van der Waals surface area contributed by atoms with Gasteiger partial charge >= 0.3 is 0 Å². The van der Waals surface area contributed by atoms with Gasteiger partial charge in [0.2, 0.25) is 0 Å². The maximum Gasteiger partial charge on any atom is 0.132 e. The zero-order chi connectivity index (χ0) is 12.5. The predicted octanol–water partition coefficient (Wildman–Crippen LogP) is 1.66. The summed E-state index contributed by atoms with van der Waals surface area (Å²) in [6, 6.07) is 4.09. The van der Waals surface area contributed by atoms with Crippen molar-refractivity contribution < 1.29 is 4.74 Å². The van der Waals surface area contributed by atoms with E-state index in [4.69, 9.17) is 4.74 Å². The minimum atomic E-state index is 0.740. The van der Waals surface area contributed by atoms with E-state index in [0.717, 1.165) is 38.7 Å². The van der Waals surface area contributed by atoms with Gasteiger partial charge < -0.3 is 15.0 Å². The number of rotatable bonds is 8. The molecule has 0 fully saturated rings. The van der Waals surface area contributed by atoms with Crippen LogP contribution in [0.5, 0.6) is 0 Å². The van der Waals surface area contributed by atoms with Gasteiger partial charge in [0.05, 0.1) is 6.61 Å². The number of ether oxygens (including phenoxy) is 1. The fourth-order valence-electron chi connectivity index (χ4n) is 1.62. The average Bonchev–Trinajstić information content (AvgIpc) is 2.37. The molecule has 0 radical (unpaired) electrons. The molecule has 0 spiro atoms. The molecule has 0 aliphatic heterocycles. The monoisotopic (exact) mass is 237 g/mol. The van der Waals surface area contributed by atoms with Gasteiger partial charge in [-0.1, -0.05) is 13.0 Å². The van der Waals surface area contributed by atoms with Crippen molar-refractivity contribution in [3.05, 3.63) is 23.9 Å². The van der Waals surface area contributed by atoms with Crippen molar-refractivity contribution in [2.75, 3.05) is 38.3 Å². The molecule has 0 aliphatic rings. The number of aromatic nitrogens is 1. The summed E-state index contributed by atoms with van der Waals surface area (Å²) in [4.78, 5) is 6.58. The van der Waals surface area contributed by atoms with Crippen LogP contribution in [0.15, 0.2) is 18.3 Å². The second-order valence-electron chi connectivity index (χ2n) is 3.88. The van der Waals surface area contributed by atoms with Crippen LogP contribution in [0.25, 0.3) is 0 Å². The molecule has 4 heteroatoms. The maximum atomic E-state index is 5.36. The van der Waals surface area contributed by atoms with Gasteiger partial charge in [0, 0.05) is 38.5 Å². The van der Waals surface area contributed by atoms with Crippen molar-refractivity contribution in [2.24, 2.45) is 0 Å². The second-order valence-corrected chi connectivity index (χ2v) is 3.88. The Morgan fingerprint density at radius 2 is 2.24 bits per heavy atom. The highest BCUT2D eigenvalue weighted by Crippen LogP contribution is 2.15. The summed E-state index contributed by atoms with van der Waals surface area (Å²) in [7, 11) is 2.05. The fraction of sp³-hybridized carbons (Fsp3) is 0.615. The van der Waals surface area contributed by atoms with Crippen molar-refractivity contribution in [3.63, 3.8) is 0 Å². The highest BCUT2D eigenvalue weighted by molar-refractivity contribution is 5.45. The van der Waals surface area contributed by atoms with E-state index in [1.807, 2.05) is 19.2 Å². The Morgan fingerprint density at radius 1 is 1.41 bits per heavy atom. The number of anilines is 1. The second kappa shape index (κ2) is 8.03. The smallest absolute Gasteiger partial charge is 0.132 e. The summed E-state index contributed by atoms with van der Waals surface area (Å²) in [5.41, 5.74) is 1.23. The molecule has 1 rings (SSSR count). The van der Waals surface area contributed by atoms with Crippen molar-refractivity contribution >= 4 is 5.82 Å². The summed E-state index contributed by atoms with van der Waals surface area (Å²) < 4.78 is 5.36. The number of pyridine rings is 1. The molecular formula is C13H23N3O. The molecule has 1 aromatic rings. The van der Waals surface area contributed by atoms with Crippen LogP contribution in [-0.4, -0.2) is 38.3 Å². The van der Waals surface area contributed by atoms with Gasteiger partial charge in [-0.3, -0.25) is 0 Å². The van der Waals surface area contributed by atoms with Crippen LogP contribution < -0.4 is 10.2 Å². The fourth-order valence-corrected chi connectivity index (χ4v) is 1.62. The molecule has 0 aromatic carbocycles. The Balaban J connectivity index is 2.60. The minimum absolute atomic E-state index is 0.740. The summed E-state index contributed by atoms with van der Waals surface area (Å²) in [6.45, 7) is 8.32. The van der Waals surface area contributed by atoms with Crippen LogP contribution in [0.4, 0.5) is 5.82 Å². The molecule has 1 aromatic heterocycles. The summed E-state index contributed by atoms with van der Waals surface area (Å²) in [5, 5.41) is 3.33. The van der Waals surface area contributed by atoms with Crippen molar-refractivity contribution in [3.8, 4) is 0 Å². The van der Waals surface area contributed by atoms with Gasteiger partial charge in [-0.05, 0) is 19.5 Å². The highest BCUT2D eigenvalue weighted by Gasteiger charge is 2.07. The Kier molecular flexibility index (Phi) is 6.58. The Bertz CT molecular complexity index is 317. The molecule has 0 unspecified atom stereocenters. The van der Waals surface area contributed by atoms with E-state index in [-0.39, 0.29) is 0 Å². The van der Waals surface area contributed by atoms with Crippen LogP contribution in [0.2, 0.25) is 0 Å². The summed E-state index contributed by atoms with van der Waals surface area (Å²) in [6.07, 6.45) is 1.84. The third-order valence-electron chi connectivity index (χ3n) is 2.57. The van der Waals surface area contributed by atoms with Gasteiger partial charge in [0.15, 0.2) is 0 Å². The number of nitrogens with one attached hydrogen (secondary N) is 1. The first-order valence-electron chi connectivity index (χ1n) is 6.23. The lowest BCUT2D eigenvalue weighted by atomic mass is 10.2. The molecule has 0 aliphatic carbocycles. The molecule has 96 valence electrons. The number of hydrogen-bond donors (Lipinski definition) is 1. The quantitative estimate of drug-likeness (QED) is 0.698. The van der Waals surface area contributed by atoms with E-state index in [9.17, 15) is 0 Å². The third kappa shape index (κ3) is 4.71. The molecule has 1 N–H and O–H groups in total. The highest BCUT2D eigenvalue weighted by atomic mass is 16.5. The van der Waals surface area contributed by atoms with Crippen LogP contribution in [0.3, 0.4) is 0 Å². The van der Waals surface area contributed by atoms with E-state index >= 15 is 0 Å². The molecule has 4 nitrogen and oxygen atoms in total. The van der Waals surface area contributed by atoms with Crippen molar-refractivity contribution in [1.82, 2.24) is 10.3 Å². The topological polar surface area (TPSA) is 37.4 Å². The Hall–Kier alpha value is -1.13. The maximum absolute atomic E-state index is 5.36.